The molecule has 2 aromatic heterocycles. The molecule has 182 valence electrons. The molecule has 0 saturated carbocycles. The Bertz CT molecular complexity index is 614. The quantitative estimate of drug-likeness (QED) is 0.148. The second-order valence-electron chi connectivity index (χ2n) is 9.73. The van der Waals surface area contributed by atoms with E-state index in [0.717, 1.165) is 26.2 Å². The molecule has 4 heteroatoms. The van der Waals surface area contributed by atoms with E-state index in [1.54, 1.807) is 0 Å². The van der Waals surface area contributed by atoms with E-state index in [1.807, 2.05) is 0 Å². The van der Waals surface area contributed by atoms with Gasteiger partial charge in [-0.15, -0.1) is 0 Å². The summed E-state index contributed by atoms with van der Waals surface area (Å²) in [5.41, 5.74) is 0. The van der Waals surface area contributed by atoms with Gasteiger partial charge in [-0.05, 0) is 25.7 Å². The van der Waals surface area contributed by atoms with Crippen LogP contribution in [0, 0.1) is 0 Å². The number of imidazole rings is 2. The van der Waals surface area contributed by atoms with Gasteiger partial charge in [0.15, 0.2) is 0 Å². The van der Waals surface area contributed by atoms with Gasteiger partial charge >= 0.3 is 0 Å². The van der Waals surface area contributed by atoms with Gasteiger partial charge in [0.2, 0.25) is 12.7 Å². The predicted molar refractivity (Wildman–Crippen MR) is 134 cm³/mol. The Morgan fingerprint density at radius 1 is 0.469 bits per heavy atom. The zero-order valence-electron chi connectivity index (χ0n) is 21.4. The average Bonchev–Trinajstić information content (AvgIpc) is 3.45. The van der Waals surface area contributed by atoms with Gasteiger partial charge in [0, 0.05) is 0 Å². The minimum atomic E-state index is 1.04. The molecule has 32 heavy (non-hydrogen) atoms. The molecule has 4 nitrogen and oxygen atoms in total. The molecule has 2 aromatic rings. The molecule has 0 spiro atoms. The van der Waals surface area contributed by atoms with E-state index < -0.39 is 0 Å². The van der Waals surface area contributed by atoms with E-state index in [2.05, 4.69) is 69.6 Å². The van der Waals surface area contributed by atoms with Crippen LogP contribution in [0.15, 0.2) is 37.4 Å². The van der Waals surface area contributed by atoms with Crippen molar-refractivity contribution in [2.75, 3.05) is 0 Å². The van der Waals surface area contributed by atoms with Crippen molar-refractivity contribution in [3.05, 3.63) is 37.4 Å². The topological polar surface area (TPSA) is 17.6 Å². The maximum absolute atomic E-state index is 2.36. The smallest absolute Gasteiger partial charge is 0.237 e. The molecular formula is C28H52N4+2. The van der Waals surface area contributed by atoms with Gasteiger partial charge in [0.25, 0.3) is 0 Å². The summed E-state index contributed by atoms with van der Waals surface area (Å²) < 4.78 is 9.37. The van der Waals surface area contributed by atoms with Gasteiger partial charge in [-0.2, -0.15) is 0 Å². The van der Waals surface area contributed by atoms with Crippen LogP contribution in [0.5, 0.6) is 0 Å². The number of hydrogen-bond donors (Lipinski definition) is 0. The molecule has 0 aromatic carbocycles. The van der Waals surface area contributed by atoms with Crippen molar-refractivity contribution in [1.82, 2.24) is 9.13 Å². The highest BCUT2D eigenvalue weighted by Crippen LogP contribution is 2.09. The molecule has 0 aliphatic carbocycles. The Kier molecular flexibility index (Phi) is 14.9. The summed E-state index contributed by atoms with van der Waals surface area (Å²) >= 11 is 0. The Morgan fingerprint density at radius 2 is 0.812 bits per heavy atom. The highest BCUT2D eigenvalue weighted by molar-refractivity contribution is 4.70. The number of rotatable bonds is 21. The van der Waals surface area contributed by atoms with E-state index in [4.69, 9.17) is 0 Å². The lowest BCUT2D eigenvalue weighted by atomic mass is 10.1. The summed E-state index contributed by atoms with van der Waals surface area (Å²) in [6.45, 7) is 8.97. The highest BCUT2D eigenvalue weighted by atomic mass is 15.2. The highest BCUT2D eigenvalue weighted by Gasteiger charge is 2.08. The fourth-order valence-corrected chi connectivity index (χ4v) is 4.49. The standard InChI is InChI=1S/C28H52N4/c1-3-5-7-9-11-13-15-17-19-29-21-23-31(27-29)25-26-32-24-22-30(28-32)20-18-16-14-12-10-8-6-4-2/h21-24,27-28H,3-20,25-26H2,1-2H3/q+2. The number of nitrogens with zero attached hydrogens (tertiary/aromatic N) is 4. The molecule has 0 unspecified atom stereocenters. The van der Waals surface area contributed by atoms with Gasteiger partial charge < -0.3 is 0 Å². The molecule has 0 atom stereocenters. The van der Waals surface area contributed by atoms with Crippen molar-refractivity contribution in [2.24, 2.45) is 0 Å². The molecule has 0 amide bonds. The Labute approximate surface area is 198 Å². The molecule has 2 heterocycles. The first-order chi connectivity index (χ1) is 15.8. The first-order valence-corrected chi connectivity index (χ1v) is 13.9. The third kappa shape index (κ3) is 12.5. The summed E-state index contributed by atoms with van der Waals surface area (Å²) in [5.74, 6) is 0. The Morgan fingerprint density at radius 3 is 1.19 bits per heavy atom. The van der Waals surface area contributed by atoms with Crippen molar-refractivity contribution >= 4 is 0 Å². The fourth-order valence-electron chi connectivity index (χ4n) is 4.49. The SMILES string of the molecule is CCCCCCCCCC[n+]1ccn(CCn2cc[n+](CCCCCCCCCC)c2)c1. The van der Waals surface area contributed by atoms with Gasteiger partial charge in [-0.25, -0.2) is 18.3 Å². The first-order valence-electron chi connectivity index (χ1n) is 13.9. The van der Waals surface area contributed by atoms with E-state index in [1.165, 1.54) is 103 Å². The van der Waals surface area contributed by atoms with Crippen LogP contribution >= 0.6 is 0 Å². The van der Waals surface area contributed by atoms with Crippen molar-refractivity contribution in [3.8, 4) is 0 Å². The molecule has 0 saturated heterocycles. The molecule has 0 N–H and O–H groups in total. The number of unbranched alkanes of at least 4 members (excludes halogenated alkanes) is 14. The number of aromatic nitrogens is 4. The van der Waals surface area contributed by atoms with E-state index in [9.17, 15) is 0 Å². The molecule has 0 bridgehead atoms. The first kappa shape index (κ1) is 26.7. The van der Waals surface area contributed by atoms with Gasteiger partial charge in [-0.3, -0.25) is 0 Å². The van der Waals surface area contributed by atoms with Gasteiger partial charge in [-0.1, -0.05) is 90.9 Å². The van der Waals surface area contributed by atoms with Crippen molar-refractivity contribution in [3.63, 3.8) is 0 Å². The maximum atomic E-state index is 2.36. The fraction of sp³-hybridized carbons (Fsp3) is 0.786. The normalized spacial score (nSPS) is 11.4. The maximum Gasteiger partial charge on any atom is 0.243 e. The minimum absolute atomic E-state index is 1.04. The van der Waals surface area contributed by atoms with Crippen LogP contribution in [-0.2, 0) is 26.2 Å². The number of aryl methyl sites for hydroxylation is 4. The molecule has 0 aliphatic rings. The van der Waals surface area contributed by atoms with Crippen LogP contribution in [0.1, 0.15) is 117 Å². The van der Waals surface area contributed by atoms with Crippen LogP contribution in [0.25, 0.3) is 0 Å². The van der Waals surface area contributed by atoms with E-state index in [-0.39, 0.29) is 0 Å². The molecule has 0 aliphatic heterocycles. The molecule has 2 rings (SSSR count). The van der Waals surface area contributed by atoms with Crippen LogP contribution < -0.4 is 9.13 Å². The zero-order valence-corrected chi connectivity index (χ0v) is 21.4. The van der Waals surface area contributed by atoms with Crippen molar-refractivity contribution < 1.29 is 9.13 Å². The minimum Gasteiger partial charge on any atom is -0.237 e. The zero-order chi connectivity index (χ0) is 22.7. The van der Waals surface area contributed by atoms with Gasteiger partial charge in [0.05, 0.1) is 13.1 Å². The van der Waals surface area contributed by atoms with Crippen LogP contribution in [0.3, 0.4) is 0 Å². The Hall–Kier alpha value is -1.58. The van der Waals surface area contributed by atoms with E-state index in [0.29, 0.717) is 0 Å². The molecule has 0 radical (unpaired) electrons. The lowest BCUT2D eigenvalue weighted by Gasteiger charge is -2.00. The predicted octanol–water partition coefficient (Wildman–Crippen LogP) is 6.85. The Balaban J connectivity index is 1.51. The largest absolute Gasteiger partial charge is 0.243 e. The van der Waals surface area contributed by atoms with Crippen LogP contribution in [0.4, 0.5) is 0 Å². The monoisotopic (exact) mass is 444 g/mol. The van der Waals surface area contributed by atoms with Gasteiger partial charge in [0.1, 0.15) is 37.9 Å². The van der Waals surface area contributed by atoms with Crippen molar-refractivity contribution in [1.29, 1.82) is 0 Å². The lowest BCUT2D eigenvalue weighted by molar-refractivity contribution is -0.697. The summed E-state index contributed by atoms with van der Waals surface area (Å²) in [4.78, 5) is 0. The summed E-state index contributed by atoms with van der Waals surface area (Å²) in [6.07, 6.45) is 35.7. The third-order valence-corrected chi connectivity index (χ3v) is 6.65. The second-order valence-corrected chi connectivity index (χ2v) is 9.73. The molecule has 0 fully saturated rings. The average molecular weight is 445 g/mol. The molecular weight excluding hydrogens is 392 g/mol. The summed E-state index contributed by atoms with van der Waals surface area (Å²) in [5, 5.41) is 0. The van der Waals surface area contributed by atoms with Crippen LogP contribution in [0.2, 0.25) is 0 Å². The summed E-state index contributed by atoms with van der Waals surface area (Å²) in [6, 6.07) is 0. The lowest BCUT2D eigenvalue weighted by Crippen LogP contribution is -2.31. The van der Waals surface area contributed by atoms with Crippen molar-refractivity contribution in [2.45, 2.75) is 143 Å². The van der Waals surface area contributed by atoms with Crippen LogP contribution in [-0.4, -0.2) is 9.13 Å². The van der Waals surface area contributed by atoms with E-state index >= 15 is 0 Å². The number of hydrogen-bond acceptors (Lipinski definition) is 0. The summed E-state index contributed by atoms with van der Waals surface area (Å²) in [7, 11) is 0. The third-order valence-electron chi connectivity index (χ3n) is 6.65. The second kappa shape index (κ2) is 17.9.